The molecule has 4 nitrogen and oxygen atoms in total. The third kappa shape index (κ3) is 7.00. The average molecular weight is 241 g/mol. The maximum absolute atomic E-state index is 5.46. The van der Waals surface area contributed by atoms with Crippen molar-refractivity contribution in [3.63, 3.8) is 0 Å². The zero-order chi connectivity index (χ0) is 13.3. The summed E-state index contributed by atoms with van der Waals surface area (Å²) >= 11 is 0. The predicted octanol–water partition coefficient (Wildman–Crippen LogP) is 1.79. The molecule has 0 spiro atoms. The van der Waals surface area contributed by atoms with E-state index in [2.05, 4.69) is 43.0 Å². The van der Waals surface area contributed by atoms with Crippen LogP contribution in [0.1, 0.15) is 27.7 Å². The maximum atomic E-state index is 5.46. The Morgan fingerprint density at radius 2 is 2.06 bits per heavy atom. The first kappa shape index (κ1) is 16.0. The molecule has 0 aliphatic rings. The van der Waals surface area contributed by atoms with E-state index in [1.54, 1.807) is 7.11 Å². The molecule has 0 heterocycles. The van der Waals surface area contributed by atoms with E-state index >= 15 is 0 Å². The van der Waals surface area contributed by atoms with Gasteiger partial charge >= 0.3 is 0 Å². The molecule has 0 aromatic rings. The Hall–Kier alpha value is -1.03. The van der Waals surface area contributed by atoms with Crippen LogP contribution in [0.25, 0.3) is 0 Å². The van der Waals surface area contributed by atoms with Crippen molar-refractivity contribution in [2.45, 2.75) is 33.8 Å². The van der Waals surface area contributed by atoms with E-state index in [0.29, 0.717) is 13.1 Å². The van der Waals surface area contributed by atoms with Gasteiger partial charge in [0.05, 0.1) is 12.6 Å². The van der Waals surface area contributed by atoms with Gasteiger partial charge in [0.15, 0.2) is 5.96 Å². The Balaban J connectivity index is 4.43. The second-order valence-electron chi connectivity index (χ2n) is 4.98. The molecule has 0 saturated heterocycles. The fourth-order valence-electron chi connectivity index (χ4n) is 1.39. The van der Waals surface area contributed by atoms with Crippen LogP contribution in [0, 0.1) is 5.41 Å². The van der Waals surface area contributed by atoms with Gasteiger partial charge in [-0.15, -0.1) is 6.58 Å². The van der Waals surface area contributed by atoms with Gasteiger partial charge in [-0.25, -0.2) is 0 Å². The number of aliphatic imine (C=N–C) groups is 1. The first-order valence-electron chi connectivity index (χ1n) is 6.11. The minimum atomic E-state index is 0.0913. The zero-order valence-corrected chi connectivity index (χ0v) is 11.8. The highest BCUT2D eigenvalue weighted by Gasteiger charge is 2.23. The lowest BCUT2D eigenvalue weighted by Gasteiger charge is -2.28. The molecule has 100 valence electrons. The van der Waals surface area contributed by atoms with Crippen LogP contribution >= 0.6 is 0 Å². The molecule has 1 unspecified atom stereocenters. The van der Waals surface area contributed by atoms with Gasteiger partial charge in [0, 0.05) is 20.2 Å². The SMILES string of the molecule is C=CCNC(=NCC(OC)C(C)(C)C)NCC. The van der Waals surface area contributed by atoms with Crippen molar-refractivity contribution in [2.75, 3.05) is 26.7 Å². The van der Waals surface area contributed by atoms with Crippen LogP contribution in [0.5, 0.6) is 0 Å². The summed E-state index contributed by atoms with van der Waals surface area (Å²) < 4.78 is 5.46. The van der Waals surface area contributed by atoms with Crippen molar-refractivity contribution < 1.29 is 4.74 Å². The molecule has 0 rings (SSSR count). The van der Waals surface area contributed by atoms with Gasteiger partial charge in [0.1, 0.15) is 0 Å². The number of nitrogens with one attached hydrogen (secondary N) is 2. The average Bonchev–Trinajstić information content (AvgIpc) is 2.24. The molecular weight excluding hydrogens is 214 g/mol. The number of rotatable bonds is 6. The van der Waals surface area contributed by atoms with Crippen LogP contribution in [0.4, 0.5) is 0 Å². The lowest BCUT2D eigenvalue weighted by molar-refractivity contribution is 0.0241. The van der Waals surface area contributed by atoms with Crippen molar-refractivity contribution in [3.05, 3.63) is 12.7 Å². The quantitative estimate of drug-likeness (QED) is 0.423. The molecule has 0 fully saturated rings. The van der Waals surface area contributed by atoms with E-state index in [1.807, 2.05) is 13.0 Å². The highest BCUT2D eigenvalue weighted by atomic mass is 16.5. The van der Waals surface area contributed by atoms with Crippen molar-refractivity contribution >= 4 is 5.96 Å². The van der Waals surface area contributed by atoms with Gasteiger partial charge in [-0.05, 0) is 12.3 Å². The van der Waals surface area contributed by atoms with Gasteiger partial charge in [0.25, 0.3) is 0 Å². The van der Waals surface area contributed by atoms with E-state index in [-0.39, 0.29) is 11.5 Å². The van der Waals surface area contributed by atoms with Crippen LogP contribution in [0.15, 0.2) is 17.6 Å². The van der Waals surface area contributed by atoms with Crippen molar-refractivity contribution in [3.8, 4) is 0 Å². The molecule has 0 saturated carbocycles. The topological polar surface area (TPSA) is 45.7 Å². The molecule has 1 atom stereocenters. The predicted molar refractivity (Wildman–Crippen MR) is 74.4 cm³/mol. The van der Waals surface area contributed by atoms with Gasteiger partial charge in [-0.2, -0.15) is 0 Å². The Morgan fingerprint density at radius 1 is 1.41 bits per heavy atom. The Kier molecular flexibility index (Phi) is 7.63. The maximum Gasteiger partial charge on any atom is 0.191 e. The molecule has 0 aliphatic carbocycles. The van der Waals surface area contributed by atoms with Crippen LogP contribution in [0.2, 0.25) is 0 Å². The summed E-state index contributed by atoms with van der Waals surface area (Å²) in [5.41, 5.74) is 0.0913. The number of hydrogen-bond donors (Lipinski definition) is 2. The molecule has 4 heteroatoms. The number of guanidine groups is 1. The minimum absolute atomic E-state index is 0.0913. The lowest BCUT2D eigenvalue weighted by atomic mass is 9.89. The Morgan fingerprint density at radius 3 is 2.47 bits per heavy atom. The molecule has 2 N–H and O–H groups in total. The summed E-state index contributed by atoms with van der Waals surface area (Å²) in [7, 11) is 1.73. The normalized spacial score (nSPS) is 14.3. The second-order valence-corrected chi connectivity index (χ2v) is 4.98. The molecule has 0 radical (unpaired) electrons. The lowest BCUT2D eigenvalue weighted by Crippen LogP contribution is -2.39. The Labute approximate surface area is 106 Å². The summed E-state index contributed by atoms with van der Waals surface area (Å²) in [4.78, 5) is 4.51. The van der Waals surface area contributed by atoms with Gasteiger partial charge in [-0.3, -0.25) is 4.99 Å². The van der Waals surface area contributed by atoms with E-state index in [0.717, 1.165) is 12.5 Å². The van der Waals surface area contributed by atoms with Crippen LogP contribution in [-0.4, -0.2) is 38.8 Å². The number of hydrogen-bond acceptors (Lipinski definition) is 2. The minimum Gasteiger partial charge on any atom is -0.379 e. The van der Waals surface area contributed by atoms with Gasteiger partial charge < -0.3 is 15.4 Å². The van der Waals surface area contributed by atoms with E-state index in [4.69, 9.17) is 4.74 Å². The number of methoxy groups -OCH3 is 1. The summed E-state index contributed by atoms with van der Waals surface area (Å²) in [5, 5.41) is 6.35. The first-order valence-corrected chi connectivity index (χ1v) is 6.11. The third-order valence-corrected chi connectivity index (χ3v) is 2.42. The summed E-state index contributed by atoms with van der Waals surface area (Å²) in [6.07, 6.45) is 1.92. The number of ether oxygens (including phenoxy) is 1. The summed E-state index contributed by atoms with van der Waals surface area (Å²) in [6, 6.07) is 0. The van der Waals surface area contributed by atoms with Crippen molar-refractivity contribution in [1.29, 1.82) is 0 Å². The zero-order valence-electron chi connectivity index (χ0n) is 11.8. The molecule has 0 bridgehead atoms. The standard InChI is InChI=1S/C13H27N3O/c1-7-9-15-12(14-8-2)16-10-11(17-6)13(3,4)5/h7,11H,1,8-10H2,2-6H3,(H2,14,15,16). The van der Waals surface area contributed by atoms with Crippen LogP contribution < -0.4 is 10.6 Å². The Bertz CT molecular complexity index is 244. The fraction of sp³-hybridized carbons (Fsp3) is 0.769. The first-order chi connectivity index (χ1) is 7.95. The van der Waals surface area contributed by atoms with Crippen LogP contribution in [-0.2, 0) is 4.74 Å². The third-order valence-electron chi connectivity index (χ3n) is 2.42. The molecule has 0 aromatic heterocycles. The second kappa shape index (κ2) is 8.12. The highest BCUT2D eigenvalue weighted by Crippen LogP contribution is 2.21. The van der Waals surface area contributed by atoms with E-state index in [1.165, 1.54) is 0 Å². The highest BCUT2D eigenvalue weighted by molar-refractivity contribution is 5.79. The molecule has 17 heavy (non-hydrogen) atoms. The fourth-order valence-corrected chi connectivity index (χ4v) is 1.39. The monoisotopic (exact) mass is 241 g/mol. The summed E-state index contributed by atoms with van der Waals surface area (Å²) in [6.45, 7) is 14.4. The molecule has 0 aromatic carbocycles. The van der Waals surface area contributed by atoms with E-state index in [9.17, 15) is 0 Å². The van der Waals surface area contributed by atoms with Gasteiger partial charge in [0.2, 0.25) is 0 Å². The molecular formula is C13H27N3O. The molecule has 0 aliphatic heterocycles. The van der Waals surface area contributed by atoms with E-state index < -0.39 is 0 Å². The van der Waals surface area contributed by atoms with Crippen molar-refractivity contribution in [2.24, 2.45) is 10.4 Å². The number of nitrogens with zero attached hydrogens (tertiary/aromatic N) is 1. The molecule has 0 amide bonds. The largest absolute Gasteiger partial charge is 0.379 e. The van der Waals surface area contributed by atoms with Crippen LogP contribution in [0.3, 0.4) is 0 Å². The van der Waals surface area contributed by atoms with Crippen molar-refractivity contribution in [1.82, 2.24) is 10.6 Å². The smallest absolute Gasteiger partial charge is 0.191 e. The summed E-state index contributed by atoms with van der Waals surface area (Å²) in [5.74, 6) is 0.804. The van der Waals surface area contributed by atoms with Gasteiger partial charge in [-0.1, -0.05) is 26.8 Å².